The van der Waals surface area contributed by atoms with Gasteiger partial charge in [-0.05, 0) is 37.5 Å². The number of rotatable bonds is 4. The van der Waals surface area contributed by atoms with E-state index in [1.807, 2.05) is 0 Å². The van der Waals surface area contributed by atoms with Crippen molar-refractivity contribution in [2.24, 2.45) is 17.3 Å². The van der Waals surface area contributed by atoms with Crippen molar-refractivity contribution in [3.05, 3.63) is 0 Å². The maximum Gasteiger partial charge on any atom is 0.327 e. The molecule has 1 saturated carbocycles. The maximum absolute atomic E-state index is 11.8. The van der Waals surface area contributed by atoms with Crippen LogP contribution in [-0.2, 0) is 14.4 Å². The van der Waals surface area contributed by atoms with Crippen molar-refractivity contribution in [3.63, 3.8) is 0 Å². The Morgan fingerprint density at radius 3 is 2.53 bits per heavy atom. The number of hydrogen-bond acceptors (Lipinski definition) is 4. The van der Waals surface area contributed by atoms with E-state index in [0.29, 0.717) is 5.92 Å². The quantitative estimate of drug-likeness (QED) is 0.766. The molecule has 2 unspecified atom stereocenters. The number of carbonyl (C=O) groups excluding carboxylic acids is 2. The SMILES string of the molecule is CC(=O)CNOC(=O)C1CC(C)CC(C)(C)C1. The zero-order valence-electron chi connectivity index (χ0n) is 11.2. The summed E-state index contributed by atoms with van der Waals surface area (Å²) in [6.45, 7) is 8.08. The van der Waals surface area contributed by atoms with Gasteiger partial charge < -0.3 is 4.84 Å². The lowest BCUT2D eigenvalue weighted by Gasteiger charge is -2.37. The minimum Gasteiger partial charge on any atom is -0.370 e. The van der Waals surface area contributed by atoms with Crippen LogP contribution in [0.1, 0.15) is 47.0 Å². The molecule has 1 aliphatic rings. The summed E-state index contributed by atoms with van der Waals surface area (Å²) < 4.78 is 0. The van der Waals surface area contributed by atoms with Gasteiger partial charge in [0.25, 0.3) is 0 Å². The Bertz CT molecular complexity index is 299. The minimum atomic E-state index is -0.231. The molecule has 0 amide bonds. The molecule has 17 heavy (non-hydrogen) atoms. The number of carbonyl (C=O) groups is 2. The van der Waals surface area contributed by atoms with Crippen molar-refractivity contribution in [2.75, 3.05) is 6.54 Å². The summed E-state index contributed by atoms with van der Waals surface area (Å²) in [5.74, 6) is 0.221. The third-order valence-electron chi connectivity index (χ3n) is 3.21. The second kappa shape index (κ2) is 5.63. The molecule has 0 spiro atoms. The Hall–Kier alpha value is -0.900. The molecule has 0 radical (unpaired) electrons. The van der Waals surface area contributed by atoms with Crippen molar-refractivity contribution >= 4 is 11.8 Å². The Morgan fingerprint density at radius 2 is 2.00 bits per heavy atom. The first-order valence-electron chi connectivity index (χ1n) is 6.23. The standard InChI is InChI=1S/C13H23NO3/c1-9-5-11(7-13(3,4)6-9)12(16)17-14-8-10(2)15/h9,11,14H,5-8H2,1-4H3. The molecule has 4 heteroatoms. The van der Waals surface area contributed by atoms with Gasteiger partial charge >= 0.3 is 5.97 Å². The molecule has 2 atom stereocenters. The highest BCUT2D eigenvalue weighted by Crippen LogP contribution is 2.41. The maximum atomic E-state index is 11.8. The molecule has 1 N–H and O–H groups in total. The lowest BCUT2D eigenvalue weighted by Crippen LogP contribution is -2.36. The zero-order valence-corrected chi connectivity index (χ0v) is 11.2. The molecule has 1 aliphatic carbocycles. The Morgan fingerprint density at radius 1 is 1.35 bits per heavy atom. The van der Waals surface area contributed by atoms with Crippen LogP contribution in [0.15, 0.2) is 0 Å². The molecule has 98 valence electrons. The third kappa shape index (κ3) is 4.86. The minimum absolute atomic E-state index is 0.0462. The van der Waals surface area contributed by atoms with E-state index in [-0.39, 0.29) is 29.6 Å². The van der Waals surface area contributed by atoms with Crippen molar-refractivity contribution in [3.8, 4) is 0 Å². The monoisotopic (exact) mass is 241 g/mol. The number of ketones is 1. The largest absolute Gasteiger partial charge is 0.370 e. The fourth-order valence-corrected chi connectivity index (χ4v) is 2.82. The predicted octanol–water partition coefficient (Wildman–Crippen LogP) is 2.09. The van der Waals surface area contributed by atoms with Crippen molar-refractivity contribution in [1.29, 1.82) is 0 Å². The van der Waals surface area contributed by atoms with Gasteiger partial charge in [0.05, 0.1) is 12.5 Å². The highest BCUT2D eigenvalue weighted by Gasteiger charge is 2.36. The van der Waals surface area contributed by atoms with Crippen molar-refractivity contribution in [2.45, 2.75) is 47.0 Å². The Balaban J connectivity index is 2.43. The van der Waals surface area contributed by atoms with Gasteiger partial charge in [-0.25, -0.2) is 0 Å². The van der Waals surface area contributed by atoms with E-state index < -0.39 is 0 Å². The van der Waals surface area contributed by atoms with Gasteiger partial charge in [-0.15, -0.1) is 5.48 Å². The molecular weight excluding hydrogens is 218 g/mol. The van der Waals surface area contributed by atoms with E-state index in [0.717, 1.165) is 19.3 Å². The van der Waals surface area contributed by atoms with E-state index >= 15 is 0 Å². The van der Waals surface area contributed by atoms with Crippen LogP contribution in [0.25, 0.3) is 0 Å². The van der Waals surface area contributed by atoms with Crippen LogP contribution in [-0.4, -0.2) is 18.3 Å². The Labute approximate surface area is 103 Å². The summed E-state index contributed by atoms with van der Waals surface area (Å²) in [6.07, 6.45) is 2.89. The van der Waals surface area contributed by atoms with Crippen molar-refractivity contribution in [1.82, 2.24) is 5.48 Å². The average Bonchev–Trinajstić information content (AvgIpc) is 2.13. The van der Waals surface area contributed by atoms with Crippen LogP contribution in [0.5, 0.6) is 0 Å². The smallest absolute Gasteiger partial charge is 0.327 e. The van der Waals surface area contributed by atoms with Crippen LogP contribution in [0, 0.1) is 17.3 Å². The normalized spacial score (nSPS) is 27.5. The molecule has 0 aromatic carbocycles. The molecule has 4 nitrogen and oxygen atoms in total. The second-order valence-corrected chi connectivity index (χ2v) is 6.05. The van der Waals surface area contributed by atoms with Crippen LogP contribution >= 0.6 is 0 Å². The van der Waals surface area contributed by atoms with Gasteiger partial charge in [0, 0.05) is 0 Å². The van der Waals surface area contributed by atoms with Crippen LogP contribution in [0.2, 0.25) is 0 Å². The summed E-state index contributed by atoms with van der Waals surface area (Å²) >= 11 is 0. The number of Topliss-reactive ketones (excluding diaryl/α,β-unsaturated/α-hetero) is 1. The number of hydroxylamine groups is 1. The molecule has 0 heterocycles. The topological polar surface area (TPSA) is 55.4 Å². The highest BCUT2D eigenvalue weighted by atomic mass is 16.7. The molecular formula is C13H23NO3. The summed E-state index contributed by atoms with van der Waals surface area (Å²) in [6, 6.07) is 0. The van der Waals surface area contributed by atoms with Gasteiger partial charge in [-0.1, -0.05) is 20.8 Å². The fraction of sp³-hybridized carbons (Fsp3) is 0.846. The first-order valence-corrected chi connectivity index (χ1v) is 6.23. The fourth-order valence-electron chi connectivity index (χ4n) is 2.82. The third-order valence-corrected chi connectivity index (χ3v) is 3.21. The molecule has 0 bridgehead atoms. The van der Waals surface area contributed by atoms with Crippen LogP contribution in [0.3, 0.4) is 0 Å². The average molecular weight is 241 g/mol. The molecule has 0 aliphatic heterocycles. The Kier molecular flexibility index (Phi) is 4.69. The van der Waals surface area contributed by atoms with E-state index in [9.17, 15) is 9.59 Å². The molecule has 0 aromatic rings. The zero-order chi connectivity index (χ0) is 13.1. The van der Waals surface area contributed by atoms with E-state index in [4.69, 9.17) is 4.84 Å². The molecule has 0 aromatic heterocycles. The van der Waals surface area contributed by atoms with Gasteiger partial charge in [-0.3, -0.25) is 9.59 Å². The summed E-state index contributed by atoms with van der Waals surface area (Å²) in [4.78, 5) is 27.4. The molecule has 1 rings (SSSR count). The van der Waals surface area contributed by atoms with Crippen molar-refractivity contribution < 1.29 is 14.4 Å². The lowest BCUT2D eigenvalue weighted by atomic mass is 9.68. The van der Waals surface area contributed by atoms with Gasteiger partial charge in [0.1, 0.15) is 5.78 Å². The highest BCUT2D eigenvalue weighted by molar-refractivity contribution is 5.78. The molecule has 0 saturated heterocycles. The van der Waals surface area contributed by atoms with Crippen LogP contribution < -0.4 is 5.48 Å². The predicted molar refractivity (Wildman–Crippen MR) is 65.1 cm³/mol. The number of hydrogen-bond donors (Lipinski definition) is 1. The second-order valence-electron chi connectivity index (χ2n) is 6.05. The first kappa shape index (κ1) is 14.2. The number of nitrogens with one attached hydrogen (secondary N) is 1. The molecule has 1 fully saturated rings. The van der Waals surface area contributed by atoms with Crippen LogP contribution in [0.4, 0.5) is 0 Å². The summed E-state index contributed by atoms with van der Waals surface area (Å²) in [7, 11) is 0. The summed E-state index contributed by atoms with van der Waals surface area (Å²) in [5.41, 5.74) is 2.62. The van der Waals surface area contributed by atoms with E-state index in [2.05, 4.69) is 26.3 Å². The van der Waals surface area contributed by atoms with E-state index in [1.54, 1.807) is 0 Å². The van der Waals surface area contributed by atoms with Gasteiger partial charge in [0.15, 0.2) is 0 Å². The van der Waals surface area contributed by atoms with E-state index in [1.165, 1.54) is 6.92 Å². The first-order chi connectivity index (χ1) is 7.80. The van der Waals surface area contributed by atoms with Gasteiger partial charge in [0.2, 0.25) is 0 Å². The summed E-state index contributed by atoms with van der Waals surface area (Å²) in [5, 5.41) is 0. The lowest BCUT2D eigenvalue weighted by molar-refractivity contribution is -0.160. The van der Waals surface area contributed by atoms with Gasteiger partial charge in [-0.2, -0.15) is 0 Å².